The molecule has 3 nitrogen and oxygen atoms in total. The fraction of sp³-hybridized carbons (Fsp3) is 1.00. The maximum atomic E-state index is 3.80. The number of hydrogen-bond donors (Lipinski definition) is 1. The molecule has 0 radical (unpaired) electrons. The Balaban J connectivity index is 1.56. The van der Waals surface area contributed by atoms with E-state index in [1.54, 1.807) is 0 Å². The highest BCUT2D eigenvalue weighted by Gasteiger charge is 2.36. The fourth-order valence-corrected chi connectivity index (χ4v) is 4.43. The van der Waals surface area contributed by atoms with E-state index in [1.165, 1.54) is 77.7 Å². The summed E-state index contributed by atoms with van der Waals surface area (Å²) in [5.74, 6) is 0. The van der Waals surface area contributed by atoms with Crippen LogP contribution in [0.2, 0.25) is 0 Å². The van der Waals surface area contributed by atoms with Crippen LogP contribution in [0.5, 0.6) is 0 Å². The van der Waals surface area contributed by atoms with E-state index in [4.69, 9.17) is 0 Å². The van der Waals surface area contributed by atoms with E-state index in [2.05, 4.69) is 22.0 Å². The smallest absolute Gasteiger partial charge is 0.0250 e. The topological polar surface area (TPSA) is 18.5 Å². The minimum Gasteiger partial charge on any atom is -0.312 e. The van der Waals surface area contributed by atoms with Crippen molar-refractivity contribution in [3.8, 4) is 0 Å². The summed E-state index contributed by atoms with van der Waals surface area (Å²) in [5.41, 5.74) is 0. The van der Waals surface area contributed by atoms with Crippen molar-refractivity contribution in [2.75, 3.05) is 32.7 Å². The Kier molecular flexibility index (Phi) is 4.78. The summed E-state index contributed by atoms with van der Waals surface area (Å²) in [6.45, 7) is 8.81. The lowest BCUT2D eigenvalue weighted by molar-refractivity contribution is 0.0228. The van der Waals surface area contributed by atoms with Crippen LogP contribution in [-0.4, -0.2) is 60.6 Å². The average molecular weight is 265 g/mol. The molecule has 1 aliphatic carbocycles. The standard InChI is InChI=1S/C16H31N3/c1-2-9-17-15-7-5-8-16(15)19-12-11-18-10-4-3-6-14(18)13-19/h14-17H,2-13H2,1H3. The van der Waals surface area contributed by atoms with Crippen molar-refractivity contribution in [2.24, 2.45) is 0 Å². The third kappa shape index (κ3) is 3.14. The number of rotatable bonds is 4. The van der Waals surface area contributed by atoms with Gasteiger partial charge in [0.25, 0.3) is 0 Å². The monoisotopic (exact) mass is 265 g/mol. The lowest BCUT2D eigenvalue weighted by Gasteiger charge is -2.47. The number of nitrogens with one attached hydrogen (secondary N) is 1. The first-order chi connectivity index (χ1) is 9.38. The molecule has 110 valence electrons. The van der Waals surface area contributed by atoms with Gasteiger partial charge < -0.3 is 5.32 Å². The number of piperidine rings is 1. The Morgan fingerprint density at radius 1 is 0.947 bits per heavy atom. The first kappa shape index (κ1) is 13.8. The third-order valence-electron chi connectivity index (χ3n) is 5.47. The van der Waals surface area contributed by atoms with Crippen LogP contribution < -0.4 is 5.32 Å². The van der Waals surface area contributed by atoms with Gasteiger partial charge in [0.1, 0.15) is 0 Å². The zero-order chi connectivity index (χ0) is 13.1. The zero-order valence-electron chi connectivity index (χ0n) is 12.6. The summed E-state index contributed by atoms with van der Waals surface area (Å²) in [4.78, 5) is 5.58. The van der Waals surface area contributed by atoms with Gasteiger partial charge in [-0.25, -0.2) is 0 Å². The van der Waals surface area contributed by atoms with Gasteiger partial charge in [0.05, 0.1) is 0 Å². The molecular formula is C16H31N3. The van der Waals surface area contributed by atoms with Crippen LogP contribution in [0.3, 0.4) is 0 Å². The third-order valence-corrected chi connectivity index (χ3v) is 5.47. The van der Waals surface area contributed by atoms with Crippen molar-refractivity contribution in [1.82, 2.24) is 15.1 Å². The first-order valence-electron chi connectivity index (χ1n) is 8.60. The molecule has 0 amide bonds. The molecule has 3 unspecified atom stereocenters. The quantitative estimate of drug-likeness (QED) is 0.839. The van der Waals surface area contributed by atoms with Crippen LogP contribution in [-0.2, 0) is 0 Å². The van der Waals surface area contributed by atoms with Crippen molar-refractivity contribution in [3.05, 3.63) is 0 Å². The normalized spacial score (nSPS) is 37.4. The number of nitrogens with zero attached hydrogens (tertiary/aromatic N) is 2. The number of hydrogen-bond acceptors (Lipinski definition) is 3. The first-order valence-corrected chi connectivity index (χ1v) is 8.60. The molecule has 0 aromatic carbocycles. The van der Waals surface area contributed by atoms with E-state index in [-0.39, 0.29) is 0 Å². The van der Waals surface area contributed by atoms with Crippen LogP contribution in [0.4, 0.5) is 0 Å². The highest BCUT2D eigenvalue weighted by Crippen LogP contribution is 2.28. The van der Waals surface area contributed by atoms with Crippen molar-refractivity contribution >= 4 is 0 Å². The second kappa shape index (κ2) is 6.55. The van der Waals surface area contributed by atoms with Gasteiger partial charge in [0, 0.05) is 37.8 Å². The van der Waals surface area contributed by atoms with Crippen molar-refractivity contribution in [1.29, 1.82) is 0 Å². The van der Waals surface area contributed by atoms with Gasteiger partial charge in [-0.05, 0) is 45.2 Å². The molecule has 3 heteroatoms. The van der Waals surface area contributed by atoms with Gasteiger partial charge in [0.2, 0.25) is 0 Å². The predicted molar refractivity (Wildman–Crippen MR) is 80.5 cm³/mol. The maximum absolute atomic E-state index is 3.80. The summed E-state index contributed by atoms with van der Waals surface area (Å²) >= 11 is 0. The molecule has 0 spiro atoms. The Morgan fingerprint density at radius 3 is 2.74 bits per heavy atom. The molecule has 2 aliphatic heterocycles. The highest BCUT2D eigenvalue weighted by molar-refractivity contribution is 4.95. The van der Waals surface area contributed by atoms with E-state index >= 15 is 0 Å². The summed E-state index contributed by atoms with van der Waals surface area (Å²) in [6, 6.07) is 2.47. The van der Waals surface area contributed by atoms with Gasteiger partial charge in [-0.3, -0.25) is 9.80 Å². The van der Waals surface area contributed by atoms with Gasteiger partial charge in [-0.1, -0.05) is 19.8 Å². The molecule has 19 heavy (non-hydrogen) atoms. The summed E-state index contributed by atoms with van der Waals surface area (Å²) in [6.07, 6.45) is 9.84. The molecule has 3 fully saturated rings. The summed E-state index contributed by atoms with van der Waals surface area (Å²) < 4.78 is 0. The molecule has 1 N–H and O–H groups in total. The van der Waals surface area contributed by atoms with Gasteiger partial charge in [0.15, 0.2) is 0 Å². The van der Waals surface area contributed by atoms with Gasteiger partial charge >= 0.3 is 0 Å². The van der Waals surface area contributed by atoms with Crippen LogP contribution in [0.25, 0.3) is 0 Å². The van der Waals surface area contributed by atoms with E-state index in [1.807, 2.05) is 0 Å². The second-order valence-corrected chi connectivity index (χ2v) is 6.74. The van der Waals surface area contributed by atoms with Crippen molar-refractivity contribution in [2.45, 2.75) is 70.0 Å². The molecule has 1 saturated carbocycles. The number of piperazine rings is 1. The number of fused-ring (bicyclic) bond motifs is 1. The molecular weight excluding hydrogens is 234 g/mol. The van der Waals surface area contributed by atoms with E-state index in [0.29, 0.717) is 0 Å². The summed E-state index contributed by atoms with van der Waals surface area (Å²) in [7, 11) is 0. The van der Waals surface area contributed by atoms with Gasteiger partial charge in [-0.15, -0.1) is 0 Å². The van der Waals surface area contributed by atoms with Crippen LogP contribution in [0.15, 0.2) is 0 Å². The SMILES string of the molecule is CCCNC1CCCC1N1CCN2CCCCC2C1. The zero-order valence-corrected chi connectivity index (χ0v) is 12.6. The molecule has 2 saturated heterocycles. The summed E-state index contributed by atoms with van der Waals surface area (Å²) in [5, 5.41) is 3.80. The van der Waals surface area contributed by atoms with E-state index < -0.39 is 0 Å². The maximum Gasteiger partial charge on any atom is 0.0250 e. The van der Waals surface area contributed by atoms with Gasteiger partial charge in [-0.2, -0.15) is 0 Å². The molecule has 0 aromatic rings. The van der Waals surface area contributed by atoms with E-state index in [0.717, 1.165) is 18.1 Å². The lowest BCUT2D eigenvalue weighted by Crippen LogP contribution is -2.59. The Bertz CT molecular complexity index is 281. The van der Waals surface area contributed by atoms with Crippen LogP contribution >= 0.6 is 0 Å². The molecule has 3 aliphatic rings. The predicted octanol–water partition coefficient (Wildman–Crippen LogP) is 2.08. The van der Waals surface area contributed by atoms with Crippen LogP contribution in [0.1, 0.15) is 51.9 Å². The van der Waals surface area contributed by atoms with Crippen molar-refractivity contribution in [3.63, 3.8) is 0 Å². The Labute approximate surface area is 118 Å². The molecule has 0 aromatic heterocycles. The minimum atomic E-state index is 0.773. The molecule has 3 rings (SSSR count). The largest absolute Gasteiger partial charge is 0.312 e. The Hall–Kier alpha value is -0.120. The molecule has 2 heterocycles. The molecule has 0 bridgehead atoms. The molecule has 3 atom stereocenters. The average Bonchev–Trinajstić information content (AvgIpc) is 2.93. The second-order valence-electron chi connectivity index (χ2n) is 6.74. The fourth-order valence-electron chi connectivity index (χ4n) is 4.43. The Morgan fingerprint density at radius 2 is 1.84 bits per heavy atom. The highest BCUT2D eigenvalue weighted by atomic mass is 15.3. The van der Waals surface area contributed by atoms with Crippen molar-refractivity contribution < 1.29 is 0 Å². The minimum absolute atomic E-state index is 0.773. The lowest BCUT2D eigenvalue weighted by atomic mass is 9.97. The van der Waals surface area contributed by atoms with Crippen LogP contribution in [0, 0.1) is 0 Å². The van der Waals surface area contributed by atoms with E-state index in [9.17, 15) is 0 Å².